The first-order valence-electron chi connectivity index (χ1n) is 5.64. The van der Waals surface area contributed by atoms with Crippen LogP contribution in [0.25, 0.3) is 0 Å². The molecular formula is C12H14N2O3S2. The Morgan fingerprint density at radius 1 is 1.00 bits per heavy atom. The fraction of sp³-hybridized carbons (Fsp3) is 0.333. The van der Waals surface area contributed by atoms with E-state index in [-0.39, 0.29) is 6.42 Å². The van der Waals surface area contributed by atoms with Crippen molar-refractivity contribution in [3.05, 3.63) is 35.9 Å². The maximum atomic E-state index is 12.1. The summed E-state index contributed by atoms with van der Waals surface area (Å²) in [5, 5.41) is 14.0. The molecule has 3 N–H and O–H groups in total. The Morgan fingerprint density at radius 3 is 2.11 bits per heavy atom. The van der Waals surface area contributed by atoms with Crippen LogP contribution in [0.4, 0.5) is 0 Å². The van der Waals surface area contributed by atoms with E-state index < -0.39 is 28.2 Å². The Bertz CT molecular complexity index is 511. The molecule has 0 saturated carbocycles. The minimum absolute atomic E-state index is 0.240. The number of amides is 2. The van der Waals surface area contributed by atoms with Crippen molar-refractivity contribution in [2.24, 2.45) is 0 Å². The van der Waals surface area contributed by atoms with Gasteiger partial charge in [-0.2, -0.15) is 0 Å². The van der Waals surface area contributed by atoms with Crippen LogP contribution in [0, 0.1) is 0 Å². The average Bonchev–Trinajstić information content (AvgIpc) is 2.38. The van der Waals surface area contributed by atoms with Gasteiger partial charge in [0.15, 0.2) is 9.74 Å². The second-order valence-electron chi connectivity index (χ2n) is 4.45. The second kappa shape index (κ2) is 5.07. The minimum Gasteiger partial charge on any atom is -0.392 e. The first-order chi connectivity index (χ1) is 8.89. The molecule has 2 rings (SSSR count). The van der Waals surface area contributed by atoms with Crippen molar-refractivity contribution in [1.29, 1.82) is 0 Å². The molecule has 1 heterocycles. The third kappa shape index (κ3) is 2.72. The molecule has 0 unspecified atom stereocenters. The number of carbonyl (C=O) groups excluding carboxylic acids is 2. The molecule has 1 aliphatic heterocycles. The van der Waals surface area contributed by atoms with E-state index in [1.807, 2.05) is 30.3 Å². The fourth-order valence-electron chi connectivity index (χ4n) is 1.82. The fourth-order valence-corrected chi connectivity index (χ4v) is 2.32. The first kappa shape index (κ1) is 14.2. The summed E-state index contributed by atoms with van der Waals surface area (Å²) in [6, 6.07) is 9.22. The highest BCUT2D eigenvalue weighted by atomic mass is 32.1. The van der Waals surface area contributed by atoms with Gasteiger partial charge in [0.25, 0.3) is 11.8 Å². The van der Waals surface area contributed by atoms with E-state index in [1.54, 1.807) is 0 Å². The molecule has 1 saturated heterocycles. The molecule has 1 aromatic carbocycles. The maximum Gasteiger partial charge on any atom is 0.259 e. The predicted octanol–water partition coefficient (Wildman–Crippen LogP) is -0.280. The number of hydrogen-bond donors (Lipinski definition) is 5. The van der Waals surface area contributed by atoms with Crippen LogP contribution in [0.1, 0.15) is 5.56 Å². The molecule has 5 nitrogen and oxygen atoms in total. The van der Waals surface area contributed by atoms with Crippen LogP contribution >= 0.6 is 25.3 Å². The number of nitrogens with one attached hydrogen (secondary N) is 2. The van der Waals surface area contributed by atoms with Crippen LogP contribution < -0.4 is 10.6 Å². The van der Waals surface area contributed by atoms with E-state index in [1.165, 1.54) is 0 Å². The van der Waals surface area contributed by atoms with Gasteiger partial charge in [-0.25, -0.2) is 0 Å². The summed E-state index contributed by atoms with van der Waals surface area (Å²) in [5.41, 5.74) is 0.864. The maximum absolute atomic E-state index is 12.1. The van der Waals surface area contributed by atoms with Gasteiger partial charge in [-0.15, -0.1) is 25.3 Å². The van der Waals surface area contributed by atoms with Gasteiger partial charge in [-0.3, -0.25) is 9.59 Å². The normalized spacial score (nSPS) is 30.7. The van der Waals surface area contributed by atoms with Gasteiger partial charge in [-0.1, -0.05) is 30.3 Å². The van der Waals surface area contributed by atoms with E-state index in [0.29, 0.717) is 0 Å². The topological polar surface area (TPSA) is 78.4 Å². The van der Waals surface area contributed by atoms with E-state index in [4.69, 9.17) is 5.11 Å². The summed E-state index contributed by atoms with van der Waals surface area (Å²) in [6.07, 6.45) is 0.240. The summed E-state index contributed by atoms with van der Waals surface area (Å²) in [7, 11) is 0. The number of hydrogen-bond acceptors (Lipinski definition) is 5. The van der Waals surface area contributed by atoms with E-state index in [0.717, 1.165) is 5.56 Å². The van der Waals surface area contributed by atoms with Crippen molar-refractivity contribution < 1.29 is 14.7 Å². The van der Waals surface area contributed by atoms with Crippen molar-refractivity contribution in [3.8, 4) is 0 Å². The van der Waals surface area contributed by atoms with Gasteiger partial charge in [0.05, 0.1) is 6.61 Å². The van der Waals surface area contributed by atoms with Gasteiger partial charge < -0.3 is 15.7 Å². The molecule has 7 heteroatoms. The summed E-state index contributed by atoms with van der Waals surface area (Å²) >= 11 is 8.25. The highest BCUT2D eigenvalue weighted by Crippen LogP contribution is 2.26. The molecule has 1 aromatic rings. The molecule has 19 heavy (non-hydrogen) atoms. The lowest BCUT2D eigenvalue weighted by Crippen LogP contribution is -2.73. The highest BCUT2D eigenvalue weighted by Gasteiger charge is 2.50. The summed E-state index contributed by atoms with van der Waals surface area (Å²) in [5.74, 6) is -1.08. The average molecular weight is 298 g/mol. The van der Waals surface area contributed by atoms with E-state index in [9.17, 15) is 9.59 Å². The monoisotopic (exact) mass is 298 g/mol. The quantitative estimate of drug-likeness (QED) is 0.498. The van der Waals surface area contributed by atoms with Crippen LogP contribution in [0.2, 0.25) is 0 Å². The molecular weight excluding hydrogens is 284 g/mol. The third-order valence-electron chi connectivity index (χ3n) is 2.92. The van der Waals surface area contributed by atoms with E-state index >= 15 is 0 Å². The highest BCUT2D eigenvalue weighted by molar-refractivity contribution is 7.83. The largest absolute Gasteiger partial charge is 0.392 e. The molecule has 0 aromatic heterocycles. The van der Waals surface area contributed by atoms with Gasteiger partial charge in [0, 0.05) is 6.42 Å². The molecule has 2 atom stereocenters. The molecule has 102 valence electrons. The van der Waals surface area contributed by atoms with Crippen LogP contribution in [-0.2, 0) is 16.0 Å². The number of carbonyl (C=O) groups is 2. The van der Waals surface area contributed by atoms with Crippen molar-refractivity contribution >= 4 is 37.1 Å². The molecule has 2 amide bonds. The molecule has 0 spiro atoms. The van der Waals surface area contributed by atoms with E-state index in [2.05, 4.69) is 35.9 Å². The number of benzene rings is 1. The molecule has 0 aliphatic carbocycles. The minimum atomic E-state index is -1.60. The lowest BCUT2D eigenvalue weighted by Gasteiger charge is -2.40. The molecule has 0 radical (unpaired) electrons. The van der Waals surface area contributed by atoms with Gasteiger partial charge in [0.2, 0.25) is 0 Å². The van der Waals surface area contributed by atoms with Gasteiger partial charge in [-0.05, 0) is 5.56 Å². The van der Waals surface area contributed by atoms with Crippen molar-refractivity contribution in [2.75, 3.05) is 6.61 Å². The zero-order valence-electron chi connectivity index (χ0n) is 9.96. The Balaban J connectivity index is 2.21. The van der Waals surface area contributed by atoms with Crippen molar-refractivity contribution in [3.63, 3.8) is 0 Å². The van der Waals surface area contributed by atoms with Gasteiger partial charge in [0.1, 0.15) is 0 Å². The SMILES string of the molecule is O=C1N[C@@](S)(Cc2ccccc2)C(=O)N[C@@]1(S)CO. The lowest BCUT2D eigenvalue weighted by atomic mass is 10.0. The number of aliphatic hydroxyl groups excluding tert-OH is 1. The Hall–Kier alpha value is -1.18. The standard InChI is InChI=1S/C12H14N2O3S2/c15-7-12(19)10(17)13-11(18,9(16)14-12)6-8-4-2-1-3-5-8/h1-5,15,18-19H,6-7H2,(H,13,17)(H,14,16)/t11-,12-/m1/s1. The van der Waals surface area contributed by atoms with Crippen LogP contribution in [0.15, 0.2) is 30.3 Å². The number of thiol groups is 2. The number of piperazine rings is 1. The van der Waals surface area contributed by atoms with Crippen LogP contribution in [-0.4, -0.2) is 33.3 Å². The van der Waals surface area contributed by atoms with Crippen molar-refractivity contribution in [1.82, 2.24) is 10.6 Å². The second-order valence-corrected chi connectivity index (χ2v) is 5.98. The Labute approximate surface area is 121 Å². The molecule has 0 bridgehead atoms. The Morgan fingerprint density at radius 2 is 1.53 bits per heavy atom. The number of aliphatic hydroxyl groups is 1. The van der Waals surface area contributed by atoms with Crippen LogP contribution in [0.5, 0.6) is 0 Å². The van der Waals surface area contributed by atoms with Crippen molar-refractivity contribution in [2.45, 2.75) is 16.2 Å². The lowest BCUT2D eigenvalue weighted by molar-refractivity contribution is -0.140. The zero-order valence-corrected chi connectivity index (χ0v) is 11.7. The van der Waals surface area contributed by atoms with Crippen LogP contribution in [0.3, 0.4) is 0 Å². The third-order valence-corrected chi connectivity index (χ3v) is 3.85. The first-order valence-corrected chi connectivity index (χ1v) is 6.54. The summed E-state index contributed by atoms with van der Waals surface area (Å²) < 4.78 is 0. The predicted molar refractivity (Wildman–Crippen MR) is 77.0 cm³/mol. The summed E-state index contributed by atoms with van der Waals surface area (Å²) in [6.45, 7) is -0.594. The molecule has 1 fully saturated rings. The Kier molecular flexibility index (Phi) is 3.80. The molecule has 1 aliphatic rings. The van der Waals surface area contributed by atoms with Gasteiger partial charge >= 0.3 is 0 Å². The smallest absolute Gasteiger partial charge is 0.259 e. The number of rotatable bonds is 3. The zero-order chi connectivity index (χ0) is 14.1. The summed E-state index contributed by atoms with van der Waals surface area (Å²) in [4.78, 5) is 21.0.